The second kappa shape index (κ2) is 8.79. The van der Waals surface area contributed by atoms with Crippen LogP contribution in [0, 0.1) is 0 Å². The smallest absolute Gasteiger partial charge is 0.450 e. The minimum absolute atomic E-state index is 0.0821. The van der Waals surface area contributed by atoms with Crippen molar-refractivity contribution < 1.29 is 27.1 Å². The van der Waals surface area contributed by atoms with Gasteiger partial charge in [0.25, 0.3) is 0 Å². The third kappa shape index (κ3) is 4.16. The summed E-state index contributed by atoms with van der Waals surface area (Å²) in [6, 6.07) is 10.8. The molecule has 2 aliphatic heterocycles. The molecule has 2 aromatic carbocycles. The predicted octanol–water partition coefficient (Wildman–Crippen LogP) is 4.64. The van der Waals surface area contributed by atoms with Gasteiger partial charge in [0.1, 0.15) is 18.1 Å². The van der Waals surface area contributed by atoms with Gasteiger partial charge >= 0.3 is 6.18 Å². The van der Waals surface area contributed by atoms with Crippen LogP contribution in [0.2, 0.25) is 0 Å². The fourth-order valence-corrected chi connectivity index (χ4v) is 4.65. The zero-order valence-corrected chi connectivity index (χ0v) is 18.4. The lowest BCUT2D eigenvalue weighted by molar-refractivity contribution is -0.152. The SMILES string of the molecule is O=C1CCCN1CCCN1COc2ccc3c(=O)c(-c4ccccc4)c(C(F)(F)F)oc3c2C1. The number of fused-ring (bicyclic) bond motifs is 3. The summed E-state index contributed by atoms with van der Waals surface area (Å²) in [6.45, 7) is 2.54. The van der Waals surface area contributed by atoms with Crippen LogP contribution in [0.4, 0.5) is 13.2 Å². The second-order valence-corrected chi connectivity index (χ2v) is 8.58. The van der Waals surface area contributed by atoms with Crippen LogP contribution in [0.1, 0.15) is 30.6 Å². The van der Waals surface area contributed by atoms with Crippen LogP contribution in [0.3, 0.4) is 0 Å². The van der Waals surface area contributed by atoms with Crippen molar-refractivity contribution in [2.75, 3.05) is 26.4 Å². The van der Waals surface area contributed by atoms with E-state index in [9.17, 15) is 22.8 Å². The highest BCUT2D eigenvalue weighted by molar-refractivity contribution is 5.87. The molecule has 0 N–H and O–H groups in total. The summed E-state index contributed by atoms with van der Waals surface area (Å²) in [7, 11) is 0. The van der Waals surface area contributed by atoms with Gasteiger partial charge < -0.3 is 14.1 Å². The molecule has 178 valence electrons. The Morgan fingerprint density at radius 1 is 1.00 bits per heavy atom. The van der Waals surface area contributed by atoms with Gasteiger partial charge in [-0.1, -0.05) is 30.3 Å². The molecule has 3 heterocycles. The quantitative estimate of drug-likeness (QED) is 0.541. The van der Waals surface area contributed by atoms with Crippen molar-refractivity contribution >= 4 is 16.9 Å². The predicted molar refractivity (Wildman–Crippen MR) is 119 cm³/mol. The first-order valence-corrected chi connectivity index (χ1v) is 11.2. The van der Waals surface area contributed by atoms with Crippen LogP contribution < -0.4 is 10.2 Å². The minimum atomic E-state index is -4.85. The topological polar surface area (TPSA) is 63.0 Å². The zero-order valence-electron chi connectivity index (χ0n) is 18.4. The summed E-state index contributed by atoms with van der Waals surface area (Å²) in [5.41, 5.74) is -0.758. The lowest BCUT2D eigenvalue weighted by Gasteiger charge is -2.30. The second-order valence-electron chi connectivity index (χ2n) is 8.58. The van der Waals surface area contributed by atoms with E-state index in [0.29, 0.717) is 37.2 Å². The highest BCUT2D eigenvalue weighted by Gasteiger charge is 2.40. The van der Waals surface area contributed by atoms with E-state index in [1.165, 1.54) is 18.2 Å². The molecule has 0 saturated carbocycles. The molecular formula is C25H23F3N2O4. The number of carbonyl (C=O) groups excluding carboxylic acids is 1. The Hall–Kier alpha value is -3.33. The average Bonchev–Trinajstić information content (AvgIpc) is 3.23. The maximum absolute atomic E-state index is 14.0. The van der Waals surface area contributed by atoms with Crippen LogP contribution in [0.5, 0.6) is 5.75 Å². The van der Waals surface area contributed by atoms with Crippen molar-refractivity contribution in [3.8, 4) is 16.9 Å². The van der Waals surface area contributed by atoms with E-state index in [0.717, 1.165) is 13.0 Å². The summed E-state index contributed by atoms with van der Waals surface area (Å²) in [6.07, 6.45) is -2.68. The number of alkyl halides is 3. The molecule has 9 heteroatoms. The van der Waals surface area contributed by atoms with Gasteiger partial charge in [-0.3, -0.25) is 14.5 Å². The lowest BCUT2D eigenvalue weighted by Crippen LogP contribution is -2.35. The van der Waals surface area contributed by atoms with E-state index in [1.807, 2.05) is 9.80 Å². The number of amides is 1. The highest BCUT2D eigenvalue weighted by atomic mass is 19.4. The van der Waals surface area contributed by atoms with Crippen molar-refractivity contribution in [2.24, 2.45) is 0 Å². The first-order valence-electron chi connectivity index (χ1n) is 11.2. The van der Waals surface area contributed by atoms with Gasteiger partial charge in [0.15, 0.2) is 0 Å². The van der Waals surface area contributed by atoms with Crippen LogP contribution in [0.15, 0.2) is 51.7 Å². The van der Waals surface area contributed by atoms with Crippen LogP contribution in [-0.2, 0) is 17.5 Å². The van der Waals surface area contributed by atoms with E-state index in [2.05, 4.69) is 0 Å². The number of carbonyl (C=O) groups is 1. The van der Waals surface area contributed by atoms with Crippen LogP contribution in [-0.4, -0.2) is 42.1 Å². The molecule has 3 aromatic rings. The standard InChI is InChI=1S/C25H23F3N2O4/c26-25(27,28)24-21(16-6-2-1-3-7-16)22(32)17-9-10-19-18(23(17)34-24)14-29(15-33-19)11-5-13-30-12-4-8-20(30)31/h1-3,6-7,9-10H,4-5,8,11-15H2. The maximum Gasteiger partial charge on any atom is 0.450 e. The van der Waals surface area contributed by atoms with Gasteiger partial charge in [-0.2, -0.15) is 13.2 Å². The molecule has 6 nitrogen and oxygen atoms in total. The molecule has 0 atom stereocenters. The Balaban J connectivity index is 1.50. The Morgan fingerprint density at radius 3 is 2.50 bits per heavy atom. The summed E-state index contributed by atoms with van der Waals surface area (Å²) >= 11 is 0. The van der Waals surface area contributed by atoms with Gasteiger partial charge in [0.2, 0.25) is 17.1 Å². The van der Waals surface area contributed by atoms with Gasteiger partial charge in [-0.25, -0.2) is 0 Å². The maximum atomic E-state index is 14.0. The fourth-order valence-electron chi connectivity index (χ4n) is 4.65. The molecule has 1 aromatic heterocycles. The van der Waals surface area contributed by atoms with Gasteiger partial charge in [-0.15, -0.1) is 0 Å². The van der Waals surface area contributed by atoms with E-state index < -0.39 is 22.9 Å². The summed E-state index contributed by atoms with van der Waals surface area (Å²) < 4.78 is 53.2. The Labute approximate surface area is 193 Å². The van der Waals surface area contributed by atoms with Crippen molar-refractivity contribution in [1.29, 1.82) is 0 Å². The van der Waals surface area contributed by atoms with E-state index in [4.69, 9.17) is 9.15 Å². The normalized spacial score (nSPS) is 16.7. The van der Waals surface area contributed by atoms with Crippen LogP contribution >= 0.6 is 0 Å². The molecule has 0 bridgehead atoms. The van der Waals surface area contributed by atoms with Crippen molar-refractivity contribution in [3.63, 3.8) is 0 Å². The third-order valence-electron chi connectivity index (χ3n) is 6.30. The van der Waals surface area contributed by atoms with E-state index in [-0.39, 0.29) is 35.7 Å². The highest BCUT2D eigenvalue weighted by Crippen LogP contribution is 2.40. The molecule has 0 unspecified atom stereocenters. The van der Waals surface area contributed by atoms with Crippen molar-refractivity contribution in [3.05, 3.63) is 64.0 Å². The first kappa shape index (κ1) is 22.5. The number of ether oxygens (including phenoxy) is 1. The largest absolute Gasteiger partial charge is 0.478 e. The molecule has 1 amide bonds. The minimum Gasteiger partial charge on any atom is -0.478 e. The Morgan fingerprint density at radius 2 is 1.79 bits per heavy atom. The summed E-state index contributed by atoms with van der Waals surface area (Å²) in [5, 5.41) is 0.0821. The number of hydrogen-bond acceptors (Lipinski definition) is 5. The average molecular weight is 472 g/mol. The van der Waals surface area contributed by atoms with Gasteiger partial charge in [0.05, 0.1) is 16.5 Å². The third-order valence-corrected chi connectivity index (χ3v) is 6.30. The molecule has 34 heavy (non-hydrogen) atoms. The number of nitrogens with zero attached hydrogens (tertiary/aromatic N) is 2. The molecule has 2 aliphatic rings. The molecular weight excluding hydrogens is 449 g/mol. The molecule has 0 spiro atoms. The van der Waals surface area contributed by atoms with Gasteiger partial charge in [-0.05, 0) is 30.5 Å². The van der Waals surface area contributed by atoms with E-state index >= 15 is 0 Å². The van der Waals surface area contributed by atoms with Crippen molar-refractivity contribution in [2.45, 2.75) is 32.0 Å². The van der Waals surface area contributed by atoms with Gasteiger partial charge in [0, 0.05) is 32.6 Å². The number of likely N-dealkylation sites (tertiary alicyclic amines) is 1. The van der Waals surface area contributed by atoms with Crippen LogP contribution in [0.25, 0.3) is 22.1 Å². The number of halogens is 3. The number of benzene rings is 2. The Bertz CT molecular complexity index is 1290. The first-order chi connectivity index (χ1) is 16.3. The lowest BCUT2D eigenvalue weighted by atomic mass is 10.00. The molecule has 5 rings (SSSR count). The summed E-state index contributed by atoms with van der Waals surface area (Å²) in [4.78, 5) is 28.8. The van der Waals surface area contributed by atoms with Crippen molar-refractivity contribution in [1.82, 2.24) is 9.80 Å². The summed E-state index contributed by atoms with van der Waals surface area (Å²) in [5.74, 6) is -0.751. The molecule has 1 saturated heterocycles. The number of rotatable bonds is 5. The molecule has 0 radical (unpaired) electrons. The number of hydrogen-bond donors (Lipinski definition) is 0. The molecule has 0 aliphatic carbocycles. The molecule has 1 fully saturated rings. The fraction of sp³-hybridized carbons (Fsp3) is 0.360. The Kier molecular flexibility index (Phi) is 5.81. The zero-order chi connectivity index (χ0) is 23.9. The monoisotopic (exact) mass is 472 g/mol. The van der Waals surface area contributed by atoms with E-state index in [1.54, 1.807) is 24.3 Å².